The average Bonchev–Trinajstić information content (AvgIpc) is 2.65. The largest absolute Gasteiger partial charge is 0.372 e. The molecule has 0 spiro atoms. The van der Waals surface area contributed by atoms with Crippen LogP contribution in [0.3, 0.4) is 0 Å². The van der Waals surface area contributed by atoms with Crippen LogP contribution in [0, 0.1) is 13.8 Å². The minimum absolute atomic E-state index is 0.402. The Hall–Kier alpha value is -0.860. The van der Waals surface area contributed by atoms with E-state index in [-0.39, 0.29) is 0 Å². The van der Waals surface area contributed by atoms with E-state index in [2.05, 4.69) is 31.3 Å². The van der Waals surface area contributed by atoms with Crippen LogP contribution in [0.2, 0.25) is 0 Å². The predicted molar refractivity (Wildman–Crippen MR) is 60.1 cm³/mol. The number of aryl methyl sites for hydroxylation is 2. The van der Waals surface area contributed by atoms with Crippen LogP contribution in [-0.2, 0) is 11.3 Å². The van der Waals surface area contributed by atoms with E-state index in [1.807, 2.05) is 0 Å². The van der Waals surface area contributed by atoms with Gasteiger partial charge in [-0.05, 0) is 30.5 Å². The Bertz CT molecular complexity index is 400. The molecule has 15 heavy (non-hydrogen) atoms. The molecule has 2 atom stereocenters. The monoisotopic (exact) mass is 203 g/mol. The first-order valence-corrected chi connectivity index (χ1v) is 5.68. The second-order valence-electron chi connectivity index (χ2n) is 4.76. The lowest BCUT2D eigenvalue weighted by atomic mass is 9.86. The van der Waals surface area contributed by atoms with Crippen molar-refractivity contribution in [2.45, 2.75) is 32.5 Å². The highest BCUT2D eigenvalue weighted by Crippen LogP contribution is 2.35. The molecule has 0 saturated carbocycles. The Kier molecular flexibility index (Phi) is 2.08. The molecule has 0 aromatic heterocycles. The summed E-state index contributed by atoms with van der Waals surface area (Å²) >= 11 is 0. The highest BCUT2D eigenvalue weighted by atomic mass is 16.5. The zero-order valence-corrected chi connectivity index (χ0v) is 9.34. The molecule has 2 heterocycles. The summed E-state index contributed by atoms with van der Waals surface area (Å²) in [4.78, 5) is 0. The molecule has 0 bridgehead atoms. The standard InChI is InChI=1S/C13H17NO/c1-8-3-9(2)12-7-15-13-6-14-5-11(13)10(12)4-8/h3-4,11,13-14H,5-7H2,1-2H3/t11-,13?/m0/s1. The van der Waals surface area contributed by atoms with E-state index in [0.717, 1.165) is 19.7 Å². The molecule has 0 amide bonds. The van der Waals surface area contributed by atoms with Crippen molar-refractivity contribution in [2.75, 3.05) is 13.1 Å². The molecule has 0 radical (unpaired) electrons. The Morgan fingerprint density at radius 2 is 2.13 bits per heavy atom. The van der Waals surface area contributed by atoms with Crippen molar-refractivity contribution in [3.8, 4) is 0 Å². The molecule has 1 saturated heterocycles. The van der Waals surface area contributed by atoms with Gasteiger partial charge in [0.15, 0.2) is 0 Å². The van der Waals surface area contributed by atoms with Gasteiger partial charge in [0.05, 0.1) is 12.7 Å². The summed E-state index contributed by atoms with van der Waals surface area (Å²) in [6, 6.07) is 4.60. The third kappa shape index (κ3) is 1.40. The van der Waals surface area contributed by atoms with Crippen molar-refractivity contribution in [1.82, 2.24) is 5.32 Å². The Morgan fingerprint density at radius 3 is 3.00 bits per heavy atom. The van der Waals surface area contributed by atoms with E-state index in [0.29, 0.717) is 12.0 Å². The molecule has 1 aromatic rings. The molecule has 0 aliphatic carbocycles. The molecule has 1 N–H and O–H groups in total. The van der Waals surface area contributed by atoms with E-state index in [1.165, 1.54) is 22.3 Å². The molecular formula is C13H17NO. The van der Waals surface area contributed by atoms with Gasteiger partial charge in [0, 0.05) is 19.0 Å². The lowest BCUT2D eigenvalue weighted by molar-refractivity contribution is 0.0295. The summed E-state index contributed by atoms with van der Waals surface area (Å²) in [6.45, 7) is 7.25. The van der Waals surface area contributed by atoms with Crippen LogP contribution in [0.4, 0.5) is 0 Å². The SMILES string of the molecule is Cc1cc(C)c2c(c1)[C@@H]1CNCC1OC2. The second kappa shape index (κ2) is 3.32. The molecule has 80 valence electrons. The third-order valence-electron chi connectivity index (χ3n) is 3.65. The van der Waals surface area contributed by atoms with Crippen LogP contribution < -0.4 is 5.32 Å². The summed E-state index contributed by atoms with van der Waals surface area (Å²) in [5.74, 6) is 0.576. The summed E-state index contributed by atoms with van der Waals surface area (Å²) in [6.07, 6.45) is 0.402. The Balaban J connectivity index is 2.12. The normalized spacial score (nSPS) is 28.7. The molecular weight excluding hydrogens is 186 g/mol. The van der Waals surface area contributed by atoms with Gasteiger partial charge in [0.1, 0.15) is 0 Å². The first-order chi connectivity index (χ1) is 7.25. The van der Waals surface area contributed by atoms with Gasteiger partial charge in [-0.3, -0.25) is 0 Å². The molecule has 2 heteroatoms. The summed E-state index contributed by atoms with van der Waals surface area (Å²) < 4.78 is 5.89. The van der Waals surface area contributed by atoms with Crippen molar-refractivity contribution in [3.63, 3.8) is 0 Å². The molecule has 3 rings (SSSR count). The van der Waals surface area contributed by atoms with Gasteiger partial charge in [-0.25, -0.2) is 0 Å². The molecule has 1 fully saturated rings. The molecule has 1 unspecified atom stereocenters. The molecule has 1 aromatic carbocycles. The van der Waals surface area contributed by atoms with Crippen molar-refractivity contribution < 1.29 is 4.74 Å². The minimum atomic E-state index is 0.402. The van der Waals surface area contributed by atoms with Gasteiger partial charge in [-0.2, -0.15) is 0 Å². The van der Waals surface area contributed by atoms with Crippen LogP contribution in [-0.4, -0.2) is 19.2 Å². The van der Waals surface area contributed by atoms with Crippen LogP contribution in [0.5, 0.6) is 0 Å². The van der Waals surface area contributed by atoms with Crippen molar-refractivity contribution in [1.29, 1.82) is 0 Å². The van der Waals surface area contributed by atoms with Gasteiger partial charge >= 0.3 is 0 Å². The number of hydrogen-bond acceptors (Lipinski definition) is 2. The van der Waals surface area contributed by atoms with Crippen LogP contribution in [0.25, 0.3) is 0 Å². The van der Waals surface area contributed by atoms with Crippen molar-refractivity contribution in [3.05, 3.63) is 34.4 Å². The smallest absolute Gasteiger partial charge is 0.0784 e. The number of fused-ring (bicyclic) bond motifs is 3. The number of benzene rings is 1. The van der Waals surface area contributed by atoms with E-state index in [1.54, 1.807) is 0 Å². The van der Waals surface area contributed by atoms with Gasteiger partial charge < -0.3 is 10.1 Å². The number of rotatable bonds is 0. The first kappa shape index (κ1) is 9.37. The fourth-order valence-electron chi connectivity index (χ4n) is 2.89. The summed E-state index contributed by atoms with van der Waals surface area (Å²) in [7, 11) is 0. The first-order valence-electron chi connectivity index (χ1n) is 5.68. The van der Waals surface area contributed by atoms with Crippen LogP contribution in [0.1, 0.15) is 28.2 Å². The number of hydrogen-bond donors (Lipinski definition) is 1. The average molecular weight is 203 g/mol. The summed E-state index contributed by atoms with van der Waals surface area (Å²) in [5, 5.41) is 3.42. The minimum Gasteiger partial charge on any atom is -0.372 e. The fraction of sp³-hybridized carbons (Fsp3) is 0.538. The van der Waals surface area contributed by atoms with E-state index >= 15 is 0 Å². The van der Waals surface area contributed by atoms with E-state index < -0.39 is 0 Å². The van der Waals surface area contributed by atoms with E-state index in [4.69, 9.17) is 4.74 Å². The second-order valence-corrected chi connectivity index (χ2v) is 4.76. The van der Waals surface area contributed by atoms with Crippen molar-refractivity contribution >= 4 is 0 Å². The maximum absolute atomic E-state index is 5.89. The maximum Gasteiger partial charge on any atom is 0.0784 e. The highest BCUT2D eigenvalue weighted by Gasteiger charge is 2.34. The third-order valence-corrected chi connectivity index (χ3v) is 3.65. The van der Waals surface area contributed by atoms with Gasteiger partial charge in [-0.1, -0.05) is 17.7 Å². The fourth-order valence-corrected chi connectivity index (χ4v) is 2.89. The number of nitrogens with one attached hydrogen (secondary N) is 1. The zero-order chi connectivity index (χ0) is 10.4. The highest BCUT2D eigenvalue weighted by molar-refractivity contribution is 5.42. The molecule has 2 nitrogen and oxygen atoms in total. The van der Waals surface area contributed by atoms with Gasteiger partial charge in [0.25, 0.3) is 0 Å². The van der Waals surface area contributed by atoms with Crippen LogP contribution >= 0.6 is 0 Å². The van der Waals surface area contributed by atoms with Gasteiger partial charge in [-0.15, -0.1) is 0 Å². The molecule has 2 aliphatic rings. The Labute approximate surface area is 90.6 Å². The van der Waals surface area contributed by atoms with E-state index in [9.17, 15) is 0 Å². The lowest BCUT2D eigenvalue weighted by Crippen LogP contribution is -2.27. The maximum atomic E-state index is 5.89. The quantitative estimate of drug-likeness (QED) is 0.695. The number of ether oxygens (including phenoxy) is 1. The zero-order valence-electron chi connectivity index (χ0n) is 9.34. The van der Waals surface area contributed by atoms with Crippen molar-refractivity contribution in [2.24, 2.45) is 0 Å². The van der Waals surface area contributed by atoms with Gasteiger partial charge in [0.2, 0.25) is 0 Å². The molecule has 2 aliphatic heterocycles. The lowest BCUT2D eigenvalue weighted by Gasteiger charge is -2.29. The Morgan fingerprint density at radius 1 is 1.27 bits per heavy atom. The topological polar surface area (TPSA) is 21.3 Å². The summed E-state index contributed by atoms with van der Waals surface area (Å²) in [5.41, 5.74) is 5.70. The van der Waals surface area contributed by atoms with Crippen LogP contribution in [0.15, 0.2) is 12.1 Å². The predicted octanol–water partition coefficient (Wildman–Crippen LogP) is 1.89.